The molecule has 0 bridgehead atoms. The average molecular weight is 278 g/mol. The molecule has 0 aliphatic carbocycles. The summed E-state index contributed by atoms with van der Waals surface area (Å²) in [5.41, 5.74) is 0.690. The van der Waals surface area contributed by atoms with Crippen molar-refractivity contribution in [2.75, 3.05) is 19.6 Å². The Hall–Kier alpha value is -1.88. The van der Waals surface area contributed by atoms with Crippen LogP contribution in [0, 0.1) is 0 Å². The molecule has 1 unspecified atom stereocenters. The second-order valence-electron chi connectivity index (χ2n) is 4.45. The summed E-state index contributed by atoms with van der Waals surface area (Å²) in [5.74, 6) is -0.897. The van der Waals surface area contributed by atoms with Gasteiger partial charge in [0.2, 0.25) is 5.91 Å². The van der Waals surface area contributed by atoms with Gasteiger partial charge in [0.25, 0.3) is 0 Å². The fourth-order valence-electron chi connectivity index (χ4n) is 2.05. The number of carboxylic acid groups (broad SMARTS) is 1. The second kappa shape index (κ2) is 8.32. The molecule has 0 aromatic heterocycles. The first-order chi connectivity index (χ1) is 9.60. The Labute approximate surface area is 119 Å². The van der Waals surface area contributed by atoms with Crippen molar-refractivity contribution in [1.29, 1.82) is 0 Å². The summed E-state index contributed by atoms with van der Waals surface area (Å²) in [6, 6.07) is 8.19. The number of amides is 1. The summed E-state index contributed by atoms with van der Waals surface area (Å²) in [4.78, 5) is 24.8. The predicted molar refractivity (Wildman–Crippen MR) is 77.4 cm³/mol. The molecule has 20 heavy (non-hydrogen) atoms. The molecule has 0 saturated carbocycles. The first kappa shape index (κ1) is 16.2. The zero-order chi connectivity index (χ0) is 15.0. The Morgan fingerprint density at radius 1 is 1.20 bits per heavy atom. The third kappa shape index (κ3) is 4.66. The van der Waals surface area contributed by atoms with Crippen molar-refractivity contribution in [3.05, 3.63) is 35.9 Å². The van der Waals surface area contributed by atoms with Crippen LogP contribution in [0.4, 0.5) is 0 Å². The lowest BCUT2D eigenvalue weighted by atomic mass is 10.1. The quantitative estimate of drug-likeness (QED) is 0.759. The Bertz CT molecular complexity index is 430. The number of carbonyl (C=O) groups excluding carboxylic acids is 1. The zero-order valence-electron chi connectivity index (χ0n) is 12.0. The van der Waals surface area contributed by atoms with E-state index in [4.69, 9.17) is 0 Å². The van der Waals surface area contributed by atoms with Crippen molar-refractivity contribution in [2.45, 2.75) is 26.3 Å². The topological polar surface area (TPSA) is 69.6 Å². The molecule has 0 aliphatic heterocycles. The molecule has 5 heteroatoms. The SMILES string of the molecule is CCN(CC)C(=O)CCNC(C(=O)O)c1ccccc1. The van der Waals surface area contributed by atoms with Gasteiger partial charge in [0.1, 0.15) is 6.04 Å². The Morgan fingerprint density at radius 2 is 1.80 bits per heavy atom. The normalized spacial score (nSPS) is 11.9. The number of rotatable bonds is 8. The van der Waals surface area contributed by atoms with Crippen molar-refractivity contribution in [3.8, 4) is 0 Å². The maximum Gasteiger partial charge on any atom is 0.325 e. The number of aliphatic carboxylic acids is 1. The van der Waals surface area contributed by atoms with Crippen molar-refractivity contribution in [1.82, 2.24) is 10.2 Å². The average Bonchev–Trinajstić information content (AvgIpc) is 2.45. The number of hydrogen-bond donors (Lipinski definition) is 2. The van der Waals surface area contributed by atoms with Crippen molar-refractivity contribution < 1.29 is 14.7 Å². The Balaban J connectivity index is 2.53. The van der Waals surface area contributed by atoms with Gasteiger partial charge in [-0.2, -0.15) is 0 Å². The smallest absolute Gasteiger partial charge is 0.325 e. The lowest BCUT2D eigenvalue weighted by molar-refractivity contribution is -0.140. The van der Waals surface area contributed by atoms with Gasteiger partial charge in [-0.25, -0.2) is 0 Å². The predicted octanol–water partition coefficient (Wildman–Crippen LogP) is 1.66. The zero-order valence-corrected chi connectivity index (χ0v) is 12.0. The maximum absolute atomic E-state index is 11.8. The van der Waals surface area contributed by atoms with Crippen molar-refractivity contribution >= 4 is 11.9 Å². The summed E-state index contributed by atoms with van der Waals surface area (Å²) >= 11 is 0. The van der Waals surface area contributed by atoms with E-state index >= 15 is 0 Å². The summed E-state index contributed by atoms with van der Waals surface area (Å²) in [7, 11) is 0. The lowest BCUT2D eigenvalue weighted by Crippen LogP contribution is -2.35. The van der Waals surface area contributed by atoms with Gasteiger partial charge in [0.15, 0.2) is 0 Å². The minimum absolute atomic E-state index is 0.0414. The third-order valence-corrected chi connectivity index (χ3v) is 3.18. The van der Waals surface area contributed by atoms with Crippen LogP contribution in [0.2, 0.25) is 0 Å². The highest BCUT2D eigenvalue weighted by molar-refractivity contribution is 5.77. The molecule has 1 aromatic rings. The summed E-state index contributed by atoms with van der Waals surface area (Å²) in [6.45, 7) is 5.56. The van der Waals surface area contributed by atoms with E-state index in [-0.39, 0.29) is 5.91 Å². The minimum atomic E-state index is -0.938. The van der Waals surface area contributed by atoms with Gasteiger partial charge in [0, 0.05) is 26.1 Å². The van der Waals surface area contributed by atoms with Crippen LogP contribution >= 0.6 is 0 Å². The first-order valence-electron chi connectivity index (χ1n) is 6.89. The first-order valence-corrected chi connectivity index (χ1v) is 6.89. The van der Waals surface area contributed by atoms with Gasteiger partial charge in [0.05, 0.1) is 0 Å². The lowest BCUT2D eigenvalue weighted by Gasteiger charge is -2.20. The van der Waals surface area contributed by atoms with E-state index in [9.17, 15) is 14.7 Å². The fourth-order valence-corrected chi connectivity index (χ4v) is 2.05. The highest BCUT2D eigenvalue weighted by Gasteiger charge is 2.19. The molecule has 110 valence electrons. The third-order valence-electron chi connectivity index (χ3n) is 3.18. The molecule has 1 rings (SSSR count). The van der Waals surface area contributed by atoms with Crippen LogP contribution in [0.3, 0.4) is 0 Å². The van der Waals surface area contributed by atoms with E-state index < -0.39 is 12.0 Å². The highest BCUT2D eigenvalue weighted by atomic mass is 16.4. The van der Waals surface area contributed by atoms with Crippen molar-refractivity contribution in [3.63, 3.8) is 0 Å². The van der Waals surface area contributed by atoms with Crippen LogP contribution in [-0.4, -0.2) is 41.5 Å². The van der Waals surface area contributed by atoms with Crippen LogP contribution < -0.4 is 5.32 Å². The highest BCUT2D eigenvalue weighted by Crippen LogP contribution is 2.12. The summed E-state index contributed by atoms with van der Waals surface area (Å²) in [6.07, 6.45) is 0.304. The van der Waals surface area contributed by atoms with Crippen molar-refractivity contribution in [2.24, 2.45) is 0 Å². The van der Waals surface area contributed by atoms with Crippen LogP contribution in [-0.2, 0) is 9.59 Å². The number of hydrogen-bond acceptors (Lipinski definition) is 3. The van der Waals surface area contributed by atoms with E-state index in [2.05, 4.69) is 5.32 Å². The summed E-state index contributed by atoms with van der Waals surface area (Å²) in [5, 5.41) is 12.2. The van der Waals surface area contributed by atoms with Gasteiger partial charge in [-0.15, -0.1) is 0 Å². The van der Waals surface area contributed by atoms with Gasteiger partial charge in [-0.1, -0.05) is 30.3 Å². The largest absolute Gasteiger partial charge is 0.480 e. The molecule has 5 nitrogen and oxygen atoms in total. The Kier molecular flexibility index (Phi) is 6.73. The minimum Gasteiger partial charge on any atom is -0.480 e. The number of nitrogens with zero attached hydrogens (tertiary/aromatic N) is 1. The molecule has 0 radical (unpaired) electrons. The second-order valence-corrected chi connectivity index (χ2v) is 4.45. The van der Waals surface area contributed by atoms with E-state index in [1.165, 1.54) is 0 Å². The molecule has 1 amide bonds. The van der Waals surface area contributed by atoms with E-state index in [1.54, 1.807) is 29.2 Å². The monoisotopic (exact) mass is 278 g/mol. The van der Waals surface area contributed by atoms with Gasteiger partial charge >= 0.3 is 5.97 Å². The van der Waals surface area contributed by atoms with E-state index in [0.29, 0.717) is 31.6 Å². The molecule has 0 saturated heterocycles. The molecule has 0 spiro atoms. The Morgan fingerprint density at radius 3 is 2.30 bits per heavy atom. The van der Waals surface area contributed by atoms with Crippen LogP contribution in [0.1, 0.15) is 31.9 Å². The van der Waals surface area contributed by atoms with Gasteiger partial charge in [-0.3, -0.25) is 9.59 Å². The molecule has 0 heterocycles. The summed E-state index contributed by atoms with van der Waals surface area (Å²) < 4.78 is 0. The molecular formula is C15H22N2O3. The number of carbonyl (C=O) groups is 2. The molecule has 0 fully saturated rings. The van der Waals surface area contributed by atoms with Gasteiger partial charge in [-0.05, 0) is 19.4 Å². The molecule has 1 atom stereocenters. The van der Waals surface area contributed by atoms with E-state index in [0.717, 1.165) is 0 Å². The molecule has 1 aromatic carbocycles. The molecule has 2 N–H and O–H groups in total. The van der Waals surface area contributed by atoms with Crippen LogP contribution in [0.5, 0.6) is 0 Å². The number of nitrogens with one attached hydrogen (secondary N) is 1. The standard InChI is InChI=1S/C15H22N2O3/c1-3-17(4-2)13(18)10-11-16-14(15(19)20)12-8-6-5-7-9-12/h5-9,14,16H,3-4,10-11H2,1-2H3,(H,19,20). The maximum atomic E-state index is 11.8. The van der Waals surface area contributed by atoms with E-state index in [1.807, 2.05) is 19.9 Å². The van der Waals surface area contributed by atoms with Crippen LogP contribution in [0.25, 0.3) is 0 Å². The van der Waals surface area contributed by atoms with Gasteiger partial charge < -0.3 is 15.3 Å². The molecule has 0 aliphatic rings. The number of carboxylic acids is 1. The number of benzene rings is 1. The van der Waals surface area contributed by atoms with Crippen LogP contribution in [0.15, 0.2) is 30.3 Å². The molecular weight excluding hydrogens is 256 g/mol. The fraction of sp³-hybridized carbons (Fsp3) is 0.467.